The Labute approximate surface area is 96.1 Å². The van der Waals surface area contributed by atoms with Gasteiger partial charge in [0.25, 0.3) is 5.91 Å². The lowest BCUT2D eigenvalue weighted by Gasteiger charge is -2.16. The Balaban J connectivity index is 2.88. The highest BCUT2D eigenvalue weighted by Crippen LogP contribution is 2.12. The van der Waals surface area contributed by atoms with Crippen LogP contribution in [0.1, 0.15) is 15.4 Å². The van der Waals surface area contributed by atoms with E-state index in [1.165, 1.54) is 0 Å². The number of hydrogen-bond acceptors (Lipinski definition) is 5. The number of aryl methyl sites for hydroxylation is 1. The molecule has 6 nitrogen and oxygen atoms in total. The topological polar surface area (TPSA) is 83.4 Å². The number of carbonyl (C=O) groups is 2. The number of nitrogens with zero attached hydrogens (tertiary/aromatic N) is 3. The number of aromatic nitrogens is 2. The fourth-order valence-corrected chi connectivity index (χ4v) is 1.67. The van der Waals surface area contributed by atoms with Gasteiger partial charge in [0.15, 0.2) is 0 Å². The van der Waals surface area contributed by atoms with Gasteiger partial charge in [-0.3, -0.25) is 9.59 Å². The first-order chi connectivity index (χ1) is 7.56. The van der Waals surface area contributed by atoms with Crippen molar-refractivity contribution in [2.45, 2.75) is 6.92 Å². The molecular weight excluding hydrogens is 230 g/mol. The lowest BCUT2D eigenvalue weighted by atomic mass is 10.3. The average Bonchev–Trinajstić information content (AvgIpc) is 2.62. The number of amides is 1. The van der Waals surface area contributed by atoms with Crippen LogP contribution in [0.3, 0.4) is 0 Å². The van der Waals surface area contributed by atoms with Crippen molar-refractivity contribution in [3.05, 3.63) is 10.6 Å². The Morgan fingerprint density at radius 2 is 2.31 bits per heavy atom. The smallest absolute Gasteiger partial charge is 0.323 e. The molecule has 1 rings (SSSR count). The SMILES string of the molecule is C#CCN(CC(=O)O)C(=O)c1snnc1C. The van der Waals surface area contributed by atoms with Crippen molar-refractivity contribution in [3.63, 3.8) is 0 Å². The molecule has 0 saturated carbocycles. The third-order valence-electron chi connectivity index (χ3n) is 1.74. The Bertz CT molecular complexity index is 449. The van der Waals surface area contributed by atoms with Crippen LogP contribution in [0.15, 0.2) is 0 Å². The molecular formula is C9H9N3O3S. The Kier molecular flexibility index (Phi) is 3.96. The first-order valence-electron chi connectivity index (χ1n) is 4.29. The first kappa shape index (κ1) is 12.1. The van der Waals surface area contributed by atoms with Crippen LogP contribution < -0.4 is 0 Å². The van der Waals surface area contributed by atoms with E-state index in [2.05, 4.69) is 15.5 Å². The van der Waals surface area contributed by atoms with E-state index in [0.717, 1.165) is 16.4 Å². The second-order valence-corrected chi connectivity index (χ2v) is 3.70. The minimum atomic E-state index is -1.11. The Hall–Kier alpha value is -1.94. The van der Waals surface area contributed by atoms with Gasteiger partial charge in [-0.25, -0.2) is 0 Å². The predicted molar refractivity (Wildman–Crippen MR) is 57.0 cm³/mol. The van der Waals surface area contributed by atoms with Gasteiger partial charge in [-0.05, 0) is 18.5 Å². The van der Waals surface area contributed by atoms with E-state index in [1.54, 1.807) is 6.92 Å². The zero-order chi connectivity index (χ0) is 12.1. The summed E-state index contributed by atoms with van der Waals surface area (Å²) in [6, 6.07) is 0. The van der Waals surface area contributed by atoms with Gasteiger partial charge in [0.1, 0.15) is 11.4 Å². The number of carboxylic acid groups (broad SMARTS) is 1. The molecule has 0 aliphatic heterocycles. The van der Waals surface area contributed by atoms with E-state index in [4.69, 9.17) is 11.5 Å². The number of terminal acetylenes is 1. The summed E-state index contributed by atoms with van der Waals surface area (Å²) in [6.45, 7) is 1.15. The minimum absolute atomic E-state index is 0.0531. The molecule has 0 bridgehead atoms. The fourth-order valence-electron chi connectivity index (χ4n) is 1.04. The van der Waals surface area contributed by atoms with Crippen molar-refractivity contribution in [1.29, 1.82) is 0 Å². The third-order valence-corrected chi connectivity index (χ3v) is 2.56. The van der Waals surface area contributed by atoms with Gasteiger partial charge in [-0.15, -0.1) is 11.5 Å². The zero-order valence-corrected chi connectivity index (χ0v) is 9.32. The number of carbonyl (C=O) groups excluding carboxylic acids is 1. The van der Waals surface area contributed by atoms with Gasteiger partial charge in [-0.1, -0.05) is 10.4 Å². The average molecular weight is 239 g/mol. The molecule has 1 heterocycles. The van der Waals surface area contributed by atoms with Crippen LogP contribution in [0.2, 0.25) is 0 Å². The molecule has 1 amide bonds. The Morgan fingerprint density at radius 3 is 2.75 bits per heavy atom. The van der Waals surface area contributed by atoms with Gasteiger partial charge in [-0.2, -0.15) is 0 Å². The molecule has 0 atom stereocenters. The molecule has 1 N–H and O–H groups in total. The maximum Gasteiger partial charge on any atom is 0.323 e. The molecule has 0 fully saturated rings. The summed E-state index contributed by atoms with van der Waals surface area (Å²) < 4.78 is 3.61. The van der Waals surface area contributed by atoms with E-state index in [9.17, 15) is 9.59 Å². The summed E-state index contributed by atoms with van der Waals surface area (Å²) in [5.74, 6) is 0.678. The van der Waals surface area contributed by atoms with Crippen molar-refractivity contribution in [2.24, 2.45) is 0 Å². The maximum atomic E-state index is 11.8. The second-order valence-electron chi connectivity index (χ2n) is 2.95. The second kappa shape index (κ2) is 5.23. The van der Waals surface area contributed by atoms with Crippen LogP contribution in [0.5, 0.6) is 0 Å². The summed E-state index contributed by atoms with van der Waals surface area (Å²) in [5.41, 5.74) is 0.474. The molecule has 0 aromatic carbocycles. The van der Waals surface area contributed by atoms with Gasteiger partial charge >= 0.3 is 5.97 Å². The molecule has 0 saturated heterocycles. The van der Waals surface area contributed by atoms with E-state index in [0.29, 0.717) is 10.6 Å². The normalized spacial score (nSPS) is 9.50. The number of hydrogen-bond donors (Lipinski definition) is 1. The molecule has 0 radical (unpaired) electrons. The van der Waals surface area contributed by atoms with E-state index >= 15 is 0 Å². The molecule has 0 aliphatic rings. The van der Waals surface area contributed by atoms with Crippen molar-refractivity contribution in [1.82, 2.24) is 14.5 Å². The molecule has 1 aromatic heterocycles. The molecule has 0 unspecified atom stereocenters. The summed E-state index contributed by atoms with van der Waals surface area (Å²) in [6.07, 6.45) is 5.07. The quantitative estimate of drug-likeness (QED) is 0.748. The molecule has 1 aromatic rings. The van der Waals surface area contributed by atoms with Crippen LogP contribution >= 0.6 is 11.5 Å². The molecule has 84 valence electrons. The minimum Gasteiger partial charge on any atom is -0.480 e. The number of aliphatic carboxylic acids is 1. The standard InChI is InChI=1S/C9H9N3O3S/c1-3-4-12(5-7(13)14)9(15)8-6(2)10-11-16-8/h1H,4-5H2,2H3,(H,13,14). The lowest BCUT2D eigenvalue weighted by Crippen LogP contribution is -2.35. The van der Waals surface area contributed by atoms with Crippen LogP contribution in [0.4, 0.5) is 0 Å². The van der Waals surface area contributed by atoms with Gasteiger partial charge < -0.3 is 10.0 Å². The Morgan fingerprint density at radius 1 is 1.62 bits per heavy atom. The van der Waals surface area contributed by atoms with Crippen molar-refractivity contribution >= 4 is 23.4 Å². The summed E-state index contributed by atoms with van der Waals surface area (Å²) >= 11 is 0.925. The van der Waals surface area contributed by atoms with E-state index in [-0.39, 0.29) is 6.54 Å². The van der Waals surface area contributed by atoms with Crippen molar-refractivity contribution in [2.75, 3.05) is 13.1 Å². The molecule has 7 heteroatoms. The predicted octanol–water partition coefficient (Wildman–Crippen LogP) is 0.00652. The highest BCUT2D eigenvalue weighted by molar-refractivity contribution is 7.07. The van der Waals surface area contributed by atoms with Gasteiger partial charge in [0.2, 0.25) is 0 Å². The van der Waals surface area contributed by atoms with Gasteiger partial charge in [0, 0.05) is 0 Å². The number of rotatable bonds is 4. The van der Waals surface area contributed by atoms with Crippen LogP contribution in [0.25, 0.3) is 0 Å². The lowest BCUT2D eigenvalue weighted by molar-refractivity contribution is -0.137. The largest absolute Gasteiger partial charge is 0.480 e. The van der Waals surface area contributed by atoms with E-state index < -0.39 is 18.4 Å². The third kappa shape index (κ3) is 2.77. The van der Waals surface area contributed by atoms with Crippen LogP contribution in [0, 0.1) is 19.3 Å². The van der Waals surface area contributed by atoms with Crippen molar-refractivity contribution in [3.8, 4) is 12.3 Å². The zero-order valence-electron chi connectivity index (χ0n) is 8.51. The van der Waals surface area contributed by atoms with Crippen molar-refractivity contribution < 1.29 is 14.7 Å². The van der Waals surface area contributed by atoms with Gasteiger partial charge in [0.05, 0.1) is 12.2 Å². The summed E-state index contributed by atoms with van der Waals surface area (Å²) in [5, 5.41) is 12.3. The highest BCUT2D eigenvalue weighted by atomic mass is 32.1. The fraction of sp³-hybridized carbons (Fsp3) is 0.333. The monoisotopic (exact) mass is 239 g/mol. The molecule has 0 aliphatic carbocycles. The summed E-state index contributed by atoms with van der Waals surface area (Å²) in [7, 11) is 0. The number of carboxylic acids is 1. The molecule has 0 spiro atoms. The van der Waals surface area contributed by atoms with Crippen LogP contribution in [-0.2, 0) is 4.79 Å². The van der Waals surface area contributed by atoms with E-state index in [1.807, 2.05) is 0 Å². The summed E-state index contributed by atoms with van der Waals surface area (Å²) in [4.78, 5) is 23.8. The highest BCUT2D eigenvalue weighted by Gasteiger charge is 2.21. The maximum absolute atomic E-state index is 11.8. The van der Waals surface area contributed by atoms with Crippen LogP contribution in [-0.4, -0.2) is 44.6 Å². The molecule has 16 heavy (non-hydrogen) atoms. The first-order valence-corrected chi connectivity index (χ1v) is 5.07.